The molecule has 6 nitrogen and oxygen atoms in total. The number of rotatable bonds is 4. The third-order valence-corrected chi connectivity index (χ3v) is 6.46. The van der Waals surface area contributed by atoms with Crippen LogP contribution in [-0.2, 0) is 11.0 Å². The van der Waals surface area contributed by atoms with E-state index in [1.165, 1.54) is 11.2 Å². The van der Waals surface area contributed by atoms with Gasteiger partial charge in [0.05, 0.1) is 35.0 Å². The smallest absolute Gasteiger partial charge is 0.345 e. The molecule has 1 amide bonds. The van der Waals surface area contributed by atoms with Crippen molar-refractivity contribution in [3.8, 4) is 5.69 Å². The molecule has 2 aromatic carbocycles. The van der Waals surface area contributed by atoms with Crippen molar-refractivity contribution in [1.29, 1.82) is 0 Å². The number of aromatic nitrogens is 4. The van der Waals surface area contributed by atoms with Gasteiger partial charge < -0.3 is 9.88 Å². The lowest BCUT2D eigenvalue weighted by Gasteiger charge is -2.48. The van der Waals surface area contributed by atoms with Gasteiger partial charge >= 0.3 is 6.18 Å². The van der Waals surface area contributed by atoms with E-state index in [2.05, 4.69) is 15.1 Å². The standard InChI is InChI=1S/C23H16F5N5O/c24-14-7-13(32-6-5-18(31-32)23(26,27)28)8-15(25)20(14)21-19(11-1-2-11)22(34)33(21)12-3-4-16-17(9-12)30-10-29-16/h3-11,19,21H,1-2H2,(H,29,30)/t19-,21-/m0/s1. The number of benzene rings is 2. The Bertz CT molecular complexity index is 1410. The Morgan fingerprint density at radius 3 is 2.38 bits per heavy atom. The fourth-order valence-electron chi connectivity index (χ4n) is 4.70. The lowest BCUT2D eigenvalue weighted by atomic mass is 9.78. The summed E-state index contributed by atoms with van der Waals surface area (Å²) in [7, 11) is 0. The zero-order chi connectivity index (χ0) is 23.8. The summed E-state index contributed by atoms with van der Waals surface area (Å²) in [5.41, 5.74) is 0.186. The average molecular weight is 473 g/mol. The Morgan fingerprint density at radius 1 is 1.00 bits per heavy atom. The molecule has 6 rings (SSSR count). The first-order valence-electron chi connectivity index (χ1n) is 10.6. The van der Waals surface area contributed by atoms with Gasteiger partial charge in [0.15, 0.2) is 5.69 Å². The Labute approximate surface area is 189 Å². The van der Waals surface area contributed by atoms with Gasteiger partial charge in [-0.2, -0.15) is 18.3 Å². The summed E-state index contributed by atoms with van der Waals surface area (Å²) in [6, 6.07) is 6.82. The van der Waals surface area contributed by atoms with Gasteiger partial charge in [0.1, 0.15) is 11.6 Å². The monoisotopic (exact) mass is 473 g/mol. The second-order valence-corrected chi connectivity index (χ2v) is 8.59. The van der Waals surface area contributed by atoms with Crippen molar-refractivity contribution in [2.24, 2.45) is 11.8 Å². The average Bonchev–Trinajstić information content (AvgIpc) is 3.26. The Hall–Kier alpha value is -3.76. The van der Waals surface area contributed by atoms with Gasteiger partial charge in [-0.05, 0) is 43.0 Å². The van der Waals surface area contributed by atoms with Crippen molar-refractivity contribution in [2.45, 2.75) is 25.1 Å². The Morgan fingerprint density at radius 2 is 1.74 bits per heavy atom. The number of β-lactam (4-membered cyclic amide) rings is 1. The topological polar surface area (TPSA) is 66.8 Å². The minimum Gasteiger partial charge on any atom is -0.345 e. The molecule has 1 aliphatic heterocycles. The van der Waals surface area contributed by atoms with Crippen molar-refractivity contribution >= 4 is 22.6 Å². The van der Waals surface area contributed by atoms with Crippen LogP contribution in [0.15, 0.2) is 48.9 Å². The van der Waals surface area contributed by atoms with Crippen LogP contribution >= 0.6 is 0 Å². The van der Waals surface area contributed by atoms with Crippen LogP contribution in [0.5, 0.6) is 0 Å². The summed E-state index contributed by atoms with van der Waals surface area (Å²) >= 11 is 0. The van der Waals surface area contributed by atoms with E-state index >= 15 is 8.78 Å². The molecular formula is C23H16F5N5O. The van der Waals surface area contributed by atoms with Crippen molar-refractivity contribution in [2.75, 3.05) is 4.90 Å². The minimum atomic E-state index is -4.68. The lowest BCUT2D eigenvalue weighted by molar-refractivity contribution is -0.141. The van der Waals surface area contributed by atoms with E-state index in [0.29, 0.717) is 11.2 Å². The molecule has 1 N–H and O–H groups in total. The van der Waals surface area contributed by atoms with Gasteiger partial charge in [0.25, 0.3) is 0 Å². The van der Waals surface area contributed by atoms with Crippen molar-refractivity contribution < 1.29 is 26.7 Å². The molecule has 1 saturated heterocycles. The molecule has 2 aromatic heterocycles. The maximum Gasteiger partial charge on any atom is 0.435 e. The van der Waals surface area contributed by atoms with Gasteiger partial charge in [0, 0.05) is 29.6 Å². The number of aromatic amines is 1. The van der Waals surface area contributed by atoms with Crippen LogP contribution in [0.25, 0.3) is 16.7 Å². The second kappa shape index (κ2) is 7.12. The van der Waals surface area contributed by atoms with Crippen LogP contribution in [0.1, 0.15) is 30.1 Å². The number of fused-ring (bicyclic) bond motifs is 1. The SMILES string of the molecule is O=C1[C@@H](C2CC2)[C@@H](c2c(F)cc(-n3ccc(C(F)(F)F)n3)cc2F)N1c1ccc2[nH]cnc2c1. The van der Waals surface area contributed by atoms with Gasteiger partial charge in [-0.1, -0.05) is 0 Å². The van der Waals surface area contributed by atoms with Gasteiger partial charge in [-0.25, -0.2) is 18.4 Å². The van der Waals surface area contributed by atoms with Crippen LogP contribution < -0.4 is 4.90 Å². The number of hydrogen-bond acceptors (Lipinski definition) is 3. The number of hydrogen-bond donors (Lipinski definition) is 1. The summed E-state index contributed by atoms with van der Waals surface area (Å²) in [6.07, 6.45) is -0.583. The number of carbonyl (C=O) groups is 1. The molecule has 11 heteroatoms. The van der Waals surface area contributed by atoms with E-state index < -0.39 is 35.5 Å². The van der Waals surface area contributed by atoms with E-state index in [4.69, 9.17) is 0 Å². The molecule has 2 atom stereocenters. The van der Waals surface area contributed by atoms with Crippen molar-refractivity contribution in [3.63, 3.8) is 0 Å². The summed E-state index contributed by atoms with van der Waals surface area (Å²) in [5, 5.41) is 3.38. The van der Waals surface area contributed by atoms with E-state index in [9.17, 15) is 18.0 Å². The first-order valence-corrected chi connectivity index (χ1v) is 10.6. The molecule has 4 aromatic rings. The fourth-order valence-corrected chi connectivity index (χ4v) is 4.70. The first-order chi connectivity index (χ1) is 16.2. The first kappa shape index (κ1) is 20.8. The predicted molar refractivity (Wildman–Crippen MR) is 111 cm³/mol. The molecule has 0 radical (unpaired) electrons. The highest BCUT2D eigenvalue weighted by atomic mass is 19.4. The van der Waals surface area contributed by atoms with Gasteiger partial charge in [0.2, 0.25) is 5.91 Å². The van der Waals surface area contributed by atoms with Crippen LogP contribution in [0.3, 0.4) is 0 Å². The van der Waals surface area contributed by atoms with E-state index in [1.807, 2.05) is 0 Å². The predicted octanol–water partition coefficient (Wildman–Crippen LogP) is 5.16. The quantitative estimate of drug-likeness (QED) is 0.329. The number of amides is 1. The molecule has 34 heavy (non-hydrogen) atoms. The molecule has 0 bridgehead atoms. The highest BCUT2D eigenvalue weighted by Gasteiger charge is 2.56. The molecule has 1 aliphatic carbocycles. The molecule has 0 spiro atoms. The van der Waals surface area contributed by atoms with Gasteiger partial charge in [-0.15, -0.1) is 0 Å². The third-order valence-electron chi connectivity index (χ3n) is 6.46. The molecule has 0 unspecified atom stereocenters. The van der Waals surface area contributed by atoms with Crippen molar-refractivity contribution in [1.82, 2.24) is 19.7 Å². The molecule has 2 fully saturated rings. The van der Waals surface area contributed by atoms with Gasteiger partial charge in [-0.3, -0.25) is 4.79 Å². The summed E-state index contributed by atoms with van der Waals surface area (Å²) < 4.78 is 70.0. The highest BCUT2D eigenvalue weighted by molar-refractivity contribution is 6.04. The number of alkyl halides is 3. The maximum absolute atomic E-state index is 15.3. The summed E-state index contributed by atoms with van der Waals surface area (Å²) in [5.74, 6) is -2.64. The number of H-pyrrole nitrogens is 1. The number of imidazole rings is 1. The van der Waals surface area contributed by atoms with Crippen LogP contribution in [0.2, 0.25) is 0 Å². The zero-order valence-electron chi connectivity index (χ0n) is 17.4. The Balaban J connectivity index is 1.41. The minimum absolute atomic E-state index is 0.0433. The van der Waals surface area contributed by atoms with Crippen molar-refractivity contribution in [3.05, 3.63) is 71.8 Å². The van der Waals surface area contributed by atoms with Crippen LogP contribution in [0.4, 0.5) is 27.6 Å². The molecule has 174 valence electrons. The lowest BCUT2D eigenvalue weighted by Crippen LogP contribution is -2.56. The normalized spacial score (nSPS) is 20.7. The number of halogens is 5. The number of nitrogens with one attached hydrogen (secondary N) is 1. The van der Waals surface area contributed by atoms with E-state index in [1.54, 1.807) is 18.2 Å². The number of carbonyl (C=O) groups excluding carboxylic acids is 1. The van der Waals surface area contributed by atoms with E-state index in [0.717, 1.165) is 47.4 Å². The number of anilines is 1. The van der Waals surface area contributed by atoms with Crippen LogP contribution in [0, 0.1) is 23.5 Å². The molecule has 1 saturated carbocycles. The molecule has 3 heterocycles. The molecule has 2 aliphatic rings. The fraction of sp³-hybridized carbons (Fsp3) is 0.261. The van der Waals surface area contributed by atoms with E-state index in [-0.39, 0.29) is 23.1 Å². The molecular weight excluding hydrogens is 457 g/mol. The zero-order valence-corrected chi connectivity index (χ0v) is 17.4. The Kier molecular flexibility index (Phi) is 4.36. The number of nitrogens with zero attached hydrogens (tertiary/aromatic N) is 4. The second-order valence-electron chi connectivity index (χ2n) is 8.59. The van der Waals surface area contributed by atoms with Crippen LogP contribution in [-0.4, -0.2) is 25.7 Å². The largest absolute Gasteiger partial charge is 0.435 e. The maximum atomic E-state index is 15.3. The summed E-state index contributed by atoms with van der Waals surface area (Å²) in [4.78, 5) is 21.5. The highest BCUT2D eigenvalue weighted by Crippen LogP contribution is 2.55. The third kappa shape index (κ3) is 3.17. The summed E-state index contributed by atoms with van der Waals surface area (Å²) in [6.45, 7) is 0.